The van der Waals surface area contributed by atoms with Crippen LogP contribution >= 0.6 is 23.7 Å². The summed E-state index contributed by atoms with van der Waals surface area (Å²) in [5, 5.41) is 4.36. The Morgan fingerprint density at radius 3 is 2.62 bits per heavy atom. The van der Waals surface area contributed by atoms with Crippen molar-refractivity contribution in [2.45, 2.75) is 12.8 Å². The zero-order valence-corrected chi connectivity index (χ0v) is 15.7. The summed E-state index contributed by atoms with van der Waals surface area (Å²) in [6, 6.07) is 17.3. The van der Waals surface area contributed by atoms with Gasteiger partial charge in [0.15, 0.2) is 0 Å². The van der Waals surface area contributed by atoms with Crippen LogP contribution in [0.3, 0.4) is 0 Å². The second-order valence-corrected chi connectivity index (χ2v) is 6.41. The standard InChI is InChI=1S/C19H19N3O2S.ClH/c20-12-6-11-17(23)22-18-13-21-19(25-18)15-9-4-5-10-16(15)24-14-7-2-1-3-8-14;/h1-5,7-10,13H,6,11-12,20H2,(H,22,23);1H. The molecule has 136 valence electrons. The zero-order chi connectivity index (χ0) is 17.5. The summed E-state index contributed by atoms with van der Waals surface area (Å²) in [6.45, 7) is 0.506. The minimum absolute atomic E-state index is 0. The number of hydrogen-bond acceptors (Lipinski definition) is 5. The molecule has 26 heavy (non-hydrogen) atoms. The van der Waals surface area contributed by atoms with E-state index in [9.17, 15) is 4.79 Å². The lowest BCUT2D eigenvalue weighted by Gasteiger charge is -2.09. The van der Waals surface area contributed by atoms with E-state index in [1.807, 2.05) is 54.6 Å². The SMILES string of the molecule is Cl.NCCCC(=O)Nc1cnc(-c2ccccc2Oc2ccccc2)s1. The number of thiazole rings is 1. The smallest absolute Gasteiger partial charge is 0.225 e. The van der Waals surface area contributed by atoms with Gasteiger partial charge in [-0.15, -0.1) is 12.4 Å². The van der Waals surface area contributed by atoms with Crippen molar-refractivity contribution in [3.05, 3.63) is 60.8 Å². The van der Waals surface area contributed by atoms with Gasteiger partial charge in [0.2, 0.25) is 5.91 Å². The highest BCUT2D eigenvalue weighted by Crippen LogP contribution is 2.36. The van der Waals surface area contributed by atoms with Crippen LogP contribution in [0.2, 0.25) is 0 Å². The highest BCUT2D eigenvalue weighted by molar-refractivity contribution is 7.19. The Kier molecular flexibility index (Phi) is 7.59. The molecule has 0 atom stereocenters. The number of carbonyl (C=O) groups excluding carboxylic acids is 1. The molecule has 1 aromatic heterocycles. The number of halogens is 1. The molecule has 0 fully saturated rings. The molecule has 0 aliphatic carbocycles. The topological polar surface area (TPSA) is 77.2 Å². The molecule has 0 bridgehead atoms. The minimum atomic E-state index is -0.0468. The van der Waals surface area contributed by atoms with Crippen molar-refractivity contribution >= 4 is 34.7 Å². The highest BCUT2D eigenvalue weighted by Gasteiger charge is 2.12. The number of nitrogens with two attached hydrogens (primary N) is 1. The number of para-hydroxylation sites is 2. The molecule has 0 spiro atoms. The molecule has 0 aliphatic heterocycles. The molecule has 2 aromatic carbocycles. The third-order valence-electron chi connectivity index (χ3n) is 3.46. The number of rotatable bonds is 7. The van der Waals surface area contributed by atoms with Gasteiger partial charge in [0, 0.05) is 6.42 Å². The summed E-state index contributed by atoms with van der Waals surface area (Å²) < 4.78 is 5.97. The third kappa shape index (κ3) is 5.29. The van der Waals surface area contributed by atoms with Gasteiger partial charge in [0.1, 0.15) is 21.5 Å². The lowest BCUT2D eigenvalue weighted by Crippen LogP contribution is -2.12. The normalized spacial score (nSPS) is 10.0. The first kappa shape index (κ1) is 19.9. The highest BCUT2D eigenvalue weighted by atomic mass is 35.5. The molecule has 1 heterocycles. The fraction of sp³-hybridized carbons (Fsp3) is 0.158. The molecule has 5 nitrogen and oxygen atoms in total. The predicted octanol–water partition coefficient (Wildman–Crippen LogP) is 4.70. The molecule has 0 saturated carbocycles. The minimum Gasteiger partial charge on any atom is -0.457 e. The first-order chi connectivity index (χ1) is 12.3. The number of ether oxygens (including phenoxy) is 1. The second kappa shape index (κ2) is 9.91. The van der Waals surface area contributed by atoms with E-state index < -0.39 is 0 Å². The maximum absolute atomic E-state index is 11.8. The average Bonchev–Trinajstić information content (AvgIpc) is 3.09. The summed E-state index contributed by atoms with van der Waals surface area (Å²) in [6.07, 6.45) is 2.75. The summed E-state index contributed by atoms with van der Waals surface area (Å²) >= 11 is 1.42. The molecular formula is C19H20ClN3O2S. The van der Waals surface area contributed by atoms with Crippen molar-refractivity contribution in [3.8, 4) is 22.1 Å². The average molecular weight is 390 g/mol. The van der Waals surface area contributed by atoms with E-state index in [1.165, 1.54) is 11.3 Å². The molecule has 3 aromatic rings. The van der Waals surface area contributed by atoms with Crippen LogP contribution in [0.4, 0.5) is 5.00 Å². The molecule has 3 N–H and O–H groups in total. The zero-order valence-electron chi connectivity index (χ0n) is 14.1. The Labute approximate surface area is 162 Å². The van der Waals surface area contributed by atoms with E-state index in [1.54, 1.807) is 6.20 Å². The number of aromatic nitrogens is 1. The van der Waals surface area contributed by atoms with Gasteiger partial charge in [-0.1, -0.05) is 41.7 Å². The van der Waals surface area contributed by atoms with Gasteiger partial charge >= 0.3 is 0 Å². The second-order valence-electron chi connectivity index (χ2n) is 5.38. The molecular weight excluding hydrogens is 370 g/mol. The molecule has 7 heteroatoms. The summed E-state index contributed by atoms with van der Waals surface area (Å²) in [5.74, 6) is 1.44. The first-order valence-corrected chi connectivity index (χ1v) is 8.86. The van der Waals surface area contributed by atoms with Crippen LogP contribution < -0.4 is 15.8 Å². The van der Waals surface area contributed by atoms with Crippen molar-refractivity contribution in [1.82, 2.24) is 4.98 Å². The largest absolute Gasteiger partial charge is 0.457 e. The van der Waals surface area contributed by atoms with Crippen molar-refractivity contribution in [1.29, 1.82) is 0 Å². The lowest BCUT2D eigenvalue weighted by atomic mass is 10.2. The Bertz CT molecular complexity index is 840. The number of hydrogen-bond donors (Lipinski definition) is 2. The fourth-order valence-electron chi connectivity index (χ4n) is 2.27. The van der Waals surface area contributed by atoms with E-state index in [0.29, 0.717) is 24.4 Å². The number of anilines is 1. The summed E-state index contributed by atoms with van der Waals surface area (Å²) in [4.78, 5) is 16.2. The van der Waals surface area contributed by atoms with Crippen LogP contribution in [0.5, 0.6) is 11.5 Å². The van der Waals surface area contributed by atoms with Crippen LogP contribution in [0.1, 0.15) is 12.8 Å². The van der Waals surface area contributed by atoms with E-state index in [0.717, 1.165) is 22.1 Å². The van der Waals surface area contributed by atoms with Crippen LogP contribution in [-0.2, 0) is 4.79 Å². The maximum atomic E-state index is 11.8. The molecule has 0 radical (unpaired) electrons. The number of amides is 1. The van der Waals surface area contributed by atoms with Crippen molar-refractivity contribution < 1.29 is 9.53 Å². The fourth-order valence-corrected chi connectivity index (χ4v) is 3.13. The monoisotopic (exact) mass is 389 g/mol. The molecule has 0 aliphatic rings. The van der Waals surface area contributed by atoms with Gasteiger partial charge in [-0.2, -0.15) is 0 Å². The summed E-state index contributed by atoms with van der Waals surface area (Å²) in [7, 11) is 0. The van der Waals surface area contributed by atoms with Gasteiger partial charge in [0.25, 0.3) is 0 Å². The molecule has 1 amide bonds. The Morgan fingerprint density at radius 2 is 1.85 bits per heavy atom. The number of carbonyl (C=O) groups is 1. The Morgan fingerprint density at radius 1 is 1.12 bits per heavy atom. The number of nitrogens with zero attached hydrogens (tertiary/aromatic N) is 1. The van der Waals surface area contributed by atoms with Crippen molar-refractivity contribution in [3.63, 3.8) is 0 Å². The van der Waals surface area contributed by atoms with Gasteiger partial charge in [-0.3, -0.25) is 4.79 Å². The van der Waals surface area contributed by atoms with Crippen LogP contribution in [0.25, 0.3) is 10.6 Å². The van der Waals surface area contributed by atoms with Gasteiger partial charge in [-0.25, -0.2) is 4.98 Å². The molecule has 3 rings (SSSR count). The molecule has 0 saturated heterocycles. The van der Waals surface area contributed by atoms with E-state index in [-0.39, 0.29) is 18.3 Å². The quantitative estimate of drug-likeness (QED) is 0.613. The summed E-state index contributed by atoms with van der Waals surface area (Å²) in [5.41, 5.74) is 6.31. The number of benzene rings is 2. The van der Waals surface area contributed by atoms with Crippen molar-refractivity contribution in [2.75, 3.05) is 11.9 Å². The molecule has 0 unspecified atom stereocenters. The Hall–Kier alpha value is -2.41. The van der Waals surface area contributed by atoms with Crippen molar-refractivity contribution in [2.24, 2.45) is 5.73 Å². The van der Waals surface area contributed by atoms with Gasteiger partial charge < -0.3 is 15.8 Å². The van der Waals surface area contributed by atoms with Crippen LogP contribution in [0.15, 0.2) is 60.8 Å². The maximum Gasteiger partial charge on any atom is 0.225 e. The van der Waals surface area contributed by atoms with Gasteiger partial charge in [-0.05, 0) is 37.2 Å². The Balaban J connectivity index is 0.00000243. The predicted molar refractivity (Wildman–Crippen MR) is 108 cm³/mol. The lowest BCUT2D eigenvalue weighted by molar-refractivity contribution is -0.116. The number of nitrogens with one attached hydrogen (secondary N) is 1. The van der Waals surface area contributed by atoms with E-state index in [2.05, 4.69) is 10.3 Å². The van der Waals surface area contributed by atoms with E-state index in [4.69, 9.17) is 10.5 Å². The first-order valence-electron chi connectivity index (χ1n) is 8.04. The van der Waals surface area contributed by atoms with Crippen LogP contribution in [0, 0.1) is 0 Å². The van der Waals surface area contributed by atoms with E-state index >= 15 is 0 Å². The van der Waals surface area contributed by atoms with Gasteiger partial charge in [0.05, 0.1) is 11.8 Å². The third-order valence-corrected chi connectivity index (χ3v) is 4.41. The van der Waals surface area contributed by atoms with Crippen LogP contribution in [-0.4, -0.2) is 17.4 Å².